The fourth-order valence-electron chi connectivity index (χ4n) is 5.17. The predicted octanol–water partition coefficient (Wildman–Crippen LogP) is 8.61. The number of carboxylic acid groups (broad SMARTS) is 1. The van der Waals surface area contributed by atoms with Gasteiger partial charge < -0.3 is 10.2 Å². The third-order valence-electron chi connectivity index (χ3n) is 7.45. The molecule has 3 nitrogen and oxygen atoms in total. The van der Waals surface area contributed by atoms with Crippen molar-refractivity contribution >= 4 is 16.9 Å². The van der Waals surface area contributed by atoms with Crippen molar-refractivity contribution in [3.05, 3.63) is 118 Å². The van der Waals surface area contributed by atoms with Gasteiger partial charge >= 0.3 is 5.97 Å². The van der Waals surface area contributed by atoms with Gasteiger partial charge in [-0.2, -0.15) is 0 Å². The Kier molecular flexibility index (Phi) is 12.1. The molecule has 0 aliphatic heterocycles. The van der Waals surface area contributed by atoms with Crippen LogP contribution < -0.4 is 5.11 Å². The summed E-state index contributed by atoms with van der Waals surface area (Å²) < 4.78 is 0. The first-order valence-electron chi connectivity index (χ1n) is 14.9. The van der Waals surface area contributed by atoms with Crippen molar-refractivity contribution in [2.45, 2.75) is 94.8 Å². The van der Waals surface area contributed by atoms with Crippen LogP contribution in [0.3, 0.4) is 0 Å². The van der Waals surface area contributed by atoms with Gasteiger partial charge in [-0.05, 0) is 67.9 Å². The van der Waals surface area contributed by atoms with Crippen LogP contribution in [0.15, 0.2) is 93.5 Å². The minimum absolute atomic E-state index is 0.0809. The van der Waals surface area contributed by atoms with Crippen molar-refractivity contribution in [1.82, 2.24) is 0 Å². The molecule has 4 heteroatoms. The Morgan fingerprint density at radius 3 is 1.32 bits per heavy atom. The zero-order chi connectivity index (χ0) is 29.9. The molecule has 0 heterocycles. The van der Waals surface area contributed by atoms with Gasteiger partial charge in [-0.15, -0.1) is 0 Å². The normalized spacial score (nSPS) is 10.8. The number of aromatic carboxylic acids is 1. The molecule has 4 aromatic carbocycles. The molecule has 0 spiro atoms. The highest BCUT2D eigenvalue weighted by molar-refractivity contribution is 7.97. The summed E-state index contributed by atoms with van der Waals surface area (Å²) in [6.45, 7) is 13.9. The molecule has 41 heavy (non-hydrogen) atoms. The van der Waals surface area contributed by atoms with Gasteiger partial charge in [0.2, 0.25) is 0 Å². The lowest BCUT2D eigenvalue weighted by Gasteiger charge is -2.20. The fraction of sp³-hybridized carbons (Fsp3) is 0.324. The molecule has 0 radical (unpaired) electrons. The molecule has 0 aromatic heterocycles. The molecule has 0 aliphatic rings. The Labute approximate surface area is 249 Å². The van der Waals surface area contributed by atoms with Crippen LogP contribution in [0.1, 0.15) is 85.3 Å². The lowest BCUT2D eigenvalue weighted by atomic mass is 10.0. The molecule has 4 rings (SSSR count). The van der Waals surface area contributed by atoms with Gasteiger partial charge in [-0.3, -0.25) is 0 Å². The van der Waals surface area contributed by atoms with E-state index in [1.807, 2.05) is 0 Å². The topological polar surface area (TPSA) is 60.4 Å². The molecular weight excluding hydrogens is 524 g/mol. The maximum absolute atomic E-state index is 10.7. The molecule has 0 amide bonds. The lowest BCUT2D eigenvalue weighted by molar-refractivity contribution is -0.268. The van der Waals surface area contributed by atoms with Crippen molar-refractivity contribution in [2.75, 3.05) is 0 Å². The average molecular weight is 569 g/mol. The van der Waals surface area contributed by atoms with Crippen LogP contribution in [0.4, 0.5) is 0 Å². The van der Waals surface area contributed by atoms with Crippen LogP contribution in [0.25, 0.3) is 0 Å². The molecule has 1 N–H and O–H groups in total. The van der Waals surface area contributed by atoms with Gasteiger partial charge in [-0.1, -0.05) is 108 Å². The summed E-state index contributed by atoms with van der Waals surface area (Å²) in [6.07, 6.45) is 6.55. The van der Waals surface area contributed by atoms with Crippen LogP contribution in [0.5, 0.6) is 5.75 Å². The first-order chi connectivity index (χ1) is 19.8. The standard InChI is InChI=1S/C30H39S.C7H6O3/c1-7-22-18-24(9-3)29(25(10-4)19-22)31(28-16-14-13-15-17-28)30-26(11-5)20-23(8-2)21-27(30)12-6;8-6-4-2-1-3-5(6)7(9)10/h13-21H,7-12H2,1-6H3;1-4,8H,(H,9,10)/q+1;/p-1. The summed E-state index contributed by atoms with van der Waals surface area (Å²) in [5, 5.41) is 19.0. The van der Waals surface area contributed by atoms with E-state index in [0.29, 0.717) is 0 Å². The van der Waals surface area contributed by atoms with Crippen molar-refractivity contribution in [3.63, 3.8) is 0 Å². The van der Waals surface area contributed by atoms with Gasteiger partial charge in [0.1, 0.15) is 10.9 Å². The van der Waals surface area contributed by atoms with Crippen LogP contribution >= 0.6 is 0 Å². The van der Waals surface area contributed by atoms with Crippen LogP contribution in [0.2, 0.25) is 0 Å². The zero-order valence-corrected chi connectivity index (χ0v) is 26.2. The Morgan fingerprint density at radius 1 is 0.610 bits per heavy atom. The van der Waals surface area contributed by atoms with E-state index < -0.39 is 11.7 Å². The van der Waals surface area contributed by atoms with Crippen molar-refractivity contribution in [2.24, 2.45) is 0 Å². The molecule has 0 bridgehead atoms. The number of carbonyl (C=O) groups is 1. The second kappa shape index (κ2) is 15.5. The zero-order valence-electron chi connectivity index (χ0n) is 25.4. The summed E-state index contributed by atoms with van der Waals surface area (Å²) in [4.78, 5) is 14.8. The van der Waals surface area contributed by atoms with Gasteiger partial charge in [0.25, 0.3) is 0 Å². The summed E-state index contributed by atoms with van der Waals surface area (Å²) in [5.74, 6) is -1.62. The Balaban J connectivity index is 0.000000389. The summed E-state index contributed by atoms with van der Waals surface area (Å²) in [5.41, 5.74) is 8.91. The number of hydrogen-bond acceptors (Lipinski definition) is 2. The summed E-state index contributed by atoms with van der Waals surface area (Å²) in [7, 11) is -0.0809. The first kappa shape index (κ1) is 32.0. The summed E-state index contributed by atoms with van der Waals surface area (Å²) in [6, 6.07) is 26.7. The maximum atomic E-state index is 10.7. The molecule has 0 saturated heterocycles. The number of hydrogen-bond donors (Lipinski definition) is 1. The smallest absolute Gasteiger partial charge is 0.335 e. The van der Waals surface area contributed by atoms with E-state index in [1.165, 1.54) is 62.5 Å². The molecule has 0 saturated carbocycles. The van der Waals surface area contributed by atoms with Gasteiger partial charge in [0.15, 0.2) is 14.7 Å². The van der Waals surface area contributed by atoms with Gasteiger partial charge in [0, 0.05) is 22.3 Å². The average Bonchev–Trinajstić information content (AvgIpc) is 3.01. The van der Waals surface area contributed by atoms with E-state index in [-0.39, 0.29) is 16.5 Å². The van der Waals surface area contributed by atoms with Crippen molar-refractivity contribution < 1.29 is 15.0 Å². The first-order valence-corrected chi connectivity index (χ1v) is 16.1. The van der Waals surface area contributed by atoms with E-state index in [0.717, 1.165) is 38.5 Å². The van der Waals surface area contributed by atoms with Crippen LogP contribution in [-0.2, 0) is 49.4 Å². The fourth-order valence-corrected chi connectivity index (χ4v) is 8.14. The predicted molar refractivity (Wildman–Crippen MR) is 171 cm³/mol. The van der Waals surface area contributed by atoms with Crippen LogP contribution in [0, 0.1) is 0 Å². The van der Waals surface area contributed by atoms with E-state index >= 15 is 0 Å². The Bertz CT molecular complexity index is 1330. The number of benzene rings is 4. The highest BCUT2D eigenvalue weighted by Crippen LogP contribution is 2.41. The highest BCUT2D eigenvalue weighted by Gasteiger charge is 2.37. The number of carboxylic acids is 1. The van der Waals surface area contributed by atoms with E-state index in [2.05, 4.69) is 96.1 Å². The van der Waals surface area contributed by atoms with Crippen LogP contribution in [-0.4, -0.2) is 11.1 Å². The van der Waals surface area contributed by atoms with Gasteiger partial charge in [0.05, 0.1) is 5.56 Å². The third-order valence-corrected chi connectivity index (χ3v) is 10.1. The van der Waals surface area contributed by atoms with Gasteiger partial charge in [-0.25, -0.2) is 4.79 Å². The van der Waals surface area contributed by atoms with E-state index in [1.54, 1.807) is 9.79 Å². The number of rotatable bonds is 10. The second-order valence-electron chi connectivity index (χ2n) is 10.0. The molecule has 216 valence electrons. The van der Waals surface area contributed by atoms with Crippen molar-refractivity contribution in [1.29, 1.82) is 0 Å². The molecule has 0 aliphatic carbocycles. The molecule has 0 fully saturated rings. The Morgan fingerprint density at radius 2 is 1.00 bits per heavy atom. The lowest BCUT2D eigenvalue weighted by Crippen LogP contribution is -2.16. The largest absolute Gasteiger partial charge is 0.872 e. The number of para-hydroxylation sites is 1. The maximum Gasteiger partial charge on any atom is 0.335 e. The molecular formula is C37H44O3S. The Hall–Kier alpha value is -3.50. The minimum Gasteiger partial charge on any atom is -0.872 e. The minimum atomic E-state index is -1.18. The quantitative estimate of drug-likeness (QED) is 0.195. The second-order valence-corrected chi connectivity index (χ2v) is 11.9. The number of aryl methyl sites for hydroxylation is 6. The van der Waals surface area contributed by atoms with Crippen molar-refractivity contribution in [3.8, 4) is 5.75 Å². The third kappa shape index (κ3) is 7.62. The van der Waals surface area contributed by atoms with E-state index in [9.17, 15) is 9.90 Å². The van der Waals surface area contributed by atoms with E-state index in [4.69, 9.17) is 5.11 Å². The SMILES string of the molecule is CCc1cc(CC)c([S+](c2ccccc2)c2c(CC)cc(CC)cc2CC)c(CC)c1.O=C(O)c1ccccc1[O-]. The summed E-state index contributed by atoms with van der Waals surface area (Å²) >= 11 is 0. The molecule has 0 atom stereocenters. The molecule has 4 aromatic rings. The monoisotopic (exact) mass is 568 g/mol. The molecule has 0 unspecified atom stereocenters. The highest BCUT2D eigenvalue weighted by atomic mass is 32.2.